The van der Waals surface area contributed by atoms with Crippen LogP contribution in [0.5, 0.6) is 0 Å². The molecular weight excluding hydrogens is 351 g/mol. The molecule has 4 nitrogen and oxygen atoms in total. The second-order valence-corrected chi connectivity index (χ2v) is 6.27. The van der Waals surface area contributed by atoms with Gasteiger partial charge in [0, 0.05) is 13.1 Å². The lowest BCUT2D eigenvalue weighted by atomic mass is 9.86. The summed E-state index contributed by atoms with van der Waals surface area (Å²) in [6, 6.07) is 0.00221. The van der Waals surface area contributed by atoms with Gasteiger partial charge < -0.3 is 5.32 Å². The number of aromatic nitrogens is 2. The summed E-state index contributed by atoms with van der Waals surface area (Å²) in [7, 11) is 1.33. The fourth-order valence-corrected chi connectivity index (χ4v) is 3.43. The lowest BCUT2D eigenvalue weighted by Gasteiger charge is -2.29. The first-order valence-corrected chi connectivity index (χ1v) is 7.61. The monoisotopic (exact) mass is 367 g/mol. The van der Waals surface area contributed by atoms with Gasteiger partial charge >= 0.3 is 6.18 Å². The van der Waals surface area contributed by atoms with Crippen LogP contribution in [0.15, 0.2) is 4.47 Å². The van der Waals surface area contributed by atoms with E-state index in [1.807, 2.05) is 6.92 Å². The van der Waals surface area contributed by atoms with Crippen LogP contribution in [0, 0.1) is 5.92 Å². The van der Waals surface area contributed by atoms with Gasteiger partial charge in [-0.25, -0.2) is 0 Å². The molecule has 0 radical (unpaired) electrons. The van der Waals surface area contributed by atoms with Gasteiger partial charge in [-0.2, -0.15) is 18.3 Å². The van der Waals surface area contributed by atoms with Crippen LogP contribution in [0.1, 0.15) is 48.8 Å². The first kappa shape index (κ1) is 16.3. The van der Waals surface area contributed by atoms with E-state index < -0.39 is 17.8 Å². The van der Waals surface area contributed by atoms with Crippen LogP contribution in [0.2, 0.25) is 0 Å². The number of alkyl halides is 3. The Balaban J connectivity index is 2.21. The molecule has 1 amide bonds. The van der Waals surface area contributed by atoms with Crippen LogP contribution < -0.4 is 5.32 Å². The van der Waals surface area contributed by atoms with E-state index in [1.54, 1.807) is 0 Å². The van der Waals surface area contributed by atoms with Gasteiger partial charge in [-0.3, -0.25) is 9.48 Å². The number of aryl methyl sites for hydroxylation is 1. The molecule has 0 bridgehead atoms. The summed E-state index contributed by atoms with van der Waals surface area (Å²) in [6.45, 7) is 2.05. The Labute approximate surface area is 129 Å². The van der Waals surface area contributed by atoms with Crippen LogP contribution in [0.3, 0.4) is 0 Å². The number of carbonyl (C=O) groups excluding carboxylic acids is 1. The molecular formula is C13H17BrF3N3O. The minimum atomic E-state index is -4.59. The summed E-state index contributed by atoms with van der Waals surface area (Å²) in [5.41, 5.74) is -1.17. The topological polar surface area (TPSA) is 46.9 Å². The molecule has 1 aromatic rings. The van der Waals surface area contributed by atoms with Crippen LogP contribution in [0.25, 0.3) is 0 Å². The predicted molar refractivity (Wildman–Crippen MR) is 74.8 cm³/mol. The van der Waals surface area contributed by atoms with Crippen molar-refractivity contribution in [2.75, 3.05) is 0 Å². The van der Waals surface area contributed by atoms with Crippen LogP contribution in [-0.4, -0.2) is 21.7 Å². The largest absolute Gasteiger partial charge is 0.436 e. The van der Waals surface area contributed by atoms with E-state index in [4.69, 9.17) is 0 Å². The van der Waals surface area contributed by atoms with Gasteiger partial charge in [-0.15, -0.1) is 0 Å². The molecule has 1 N–H and O–H groups in total. The summed E-state index contributed by atoms with van der Waals surface area (Å²) in [5, 5.41) is 6.23. The van der Waals surface area contributed by atoms with Crippen molar-refractivity contribution in [3.05, 3.63) is 15.9 Å². The standard InChI is InChI=1S/C13H17BrF3N3O/c1-7-5-3-4-6-8(7)18-12(21)10-9(14)11(13(15,16)17)19-20(10)2/h7-8H,3-6H2,1-2H3,(H,18,21)/t7-,8+/m0/s1. The molecule has 1 fully saturated rings. The number of nitrogens with zero attached hydrogens (tertiary/aromatic N) is 2. The predicted octanol–water partition coefficient (Wildman–Crippen LogP) is 3.51. The minimum absolute atomic E-state index is 0.00221. The van der Waals surface area contributed by atoms with Gasteiger partial charge in [0.05, 0.1) is 4.47 Å². The van der Waals surface area contributed by atoms with Crippen LogP contribution in [-0.2, 0) is 13.2 Å². The lowest BCUT2D eigenvalue weighted by Crippen LogP contribution is -2.41. The maximum atomic E-state index is 12.8. The van der Waals surface area contributed by atoms with Crippen LogP contribution >= 0.6 is 15.9 Å². The Bertz CT molecular complexity index is 541. The average molecular weight is 368 g/mol. The summed E-state index contributed by atoms with van der Waals surface area (Å²) >= 11 is 2.85. The van der Waals surface area contributed by atoms with Crippen molar-refractivity contribution < 1.29 is 18.0 Å². The lowest BCUT2D eigenvalue weighted by molar-refractivity contribution is -0.142. The highest BCUT2D eigenvalue weighted by atomic mass is 79.9. The maximum absolute atomic E-state index is 12.8. The van der Waals surface area contributed by atoms with E-state index in [-0.39, 0.29) is 16.2 Å². The smallest absolute Gasteiger partial charge is 0.348 e. The molecule has 1 aromatic heterocycles. The summed E-state index contributed by atoms with van der Waals surface area (Å²) in [4.78, 5) is 12.3. The molecule has 1 aliphatic rings. The third-order valence-electron chi connectivity index (χ3n) is 3.90. The maximum Gasteiger partial charge on any atom is 0.436 e. The zero-order valence-electron chi connectivity index (χ0n) is 11.8. The molecule has 8 heteroatoms. The van der Waals surface area contributed by atoms with Crippen molar-refractivity contribution in [2.45, 2.75) is 44.8 Å². The molecule has 1 saturated carbocycles. The van der Waals surface area contributed by atoms with Gasteiger partial charge in [0.1, 0.15) is 5.69 Å². The average Bonchev–Trinajstić information content (AvgIpc) is 2.67. The Hall–Kier alpha value is -1.05. The van der Waals surface area contributed by atoms with Gasteiger partial charge in [0.25, 0.3) is 5.91 Å². The molecule has 2 rings (SSSR count). The fourth-order valence-electron chi connectivity index (χ4n) is 2.69. The summed E-state index contributed by atoms with van der Waals surface area (Å²) in [6.07, 6.45) is -0.566. The molecule has 0 aliphatic heterocycles. The Morgan fingerprint density at radius 3 is 2.52 bits per heavy atom. The molecule has 2 atom stereocenters. The highest BCUT2D eigenvalue weighted by Gasteiger charge is 2.39. The van der Waals surface area contributed by atoms with Crippen molar-refractivity contribution in [1.82, 2.24) is 15.1 Å². The number of nitrogens with one attached hydrogen (secondary N) is 1. The molecule has 0 spiro atoms. The van der Waals surface area contributed by atoms with E-state index in [2.05, 4.69) is 26.3 Å². The van der Waals surface area contributed by atoms with E-state index >= 15 is 0 Å². The van der Waals surface area contributed by atoms with E-state index in [9.17, 15) is 18.0 Å². The number of hydrogen-bond donors (Lipinski definition) is 1. The summed E-state index contributed by atoms with van der Waals surface area (Å²) < 4.78 is 39.0. The third-order valence-corrected chi connectivity index (χ3v) is 4.65. The van der Waals surface area contributed by atoms with Crippen LogP contribution in [0.4, 0.5) is 13.2 Å². The molecule has 21 heavy (non-hydrogen) atoms. The van der Waals surface area contributed by atoms with Crippen molar-refractivity contribution in [3.8, 4) is 0 Å². The minimum Gasteiger partial charge on any atom is -0.348 e. The molecule has 0 aromatic carbocycles. The second kappa shape index (κ2) is 5.98. The van der Waals surface area contributed by atoms with E-state index in [1.165, 1.54) is 7.05 Å². The van der Waals surface area contributed by atoms with Crippen molar-refractivity contribution in [3.63, 3.8) is 0 Å². The van der Waals surface area contributed by atoms with Gasteiger partial charge in [-0.05, 0) is 34.7 Å². The Morgan fingerprint density at radius 1 is 1.38 bits per heavy atom. The Morgan fingerprint density at radius 2 is 2.00 bits per heavy atom. The highest BCUT2D eigenvalue weighted by molar-refractivity contribution is 9.10. The highest BCUT2D eigenvalue weighted by Crippen LogP contribution is 2.35. The quantitative estimate of drug-likeness (QED) is 0.869. The molecule has 0 unspecified atom stereocenters. The van der Waals surface area contributed by atoms with Gasteiger partial charge in [0.15, 0.2) is 5.69 Å². The third kappa shape index (κ3) is 3.41. The normalized spacial score (nSPS) is 23.1. The molecule has 118 valence electrons. The number of amides is 1. The first-order valence-electron chi connectivity index (χ1n) is 6.82. The van der Waals surface area contributed by atoms with Crippen molar-refractivity contribution in [2.24, 2.45) is 13.0 Å². The SMILES string of the molecule is C[C@H]1CCCC[C@H]1NC(=O)c1c(Br)c(C(F)(F)F)nn1C. The van der Waals surface area contributed by atoms with Crippen molar-refractivity contribution in [1.29, 1.82) is 0 Å². The van der Waals surface area contributed by atoms with Crippen molar-refractivity contribution >= 4 is 21.8 Å². The fraction of sp³-hybridized carbons (Fsp3) is 0.692. The number of hydrogen-bond acceptors (Lipinski definition) is 2. The van der Waals surface area contributed by atoms with Gasteiger partial charge in [-0.1, -0.05) is 19.8 Å². The zero-order chi connectivity index (χ0) is 15.8. The second-order valence-electron chi connectivity index (χ2n) is 5.47. The molecule has 1 aliphatic carbocycles. The molecule has 1 heterocycles. The number of rotatable bonds is 2. The molecule has 0 saturated heterocycles. The number of halogens is 4. The van der Waals surface area contributed by atoms with Gasteiger partial charge in [0.2, 0.25) is 0 Å². The number of carbonyl (C=O) groups is 1. The van der Waals surface area contributed by atoms with E-state index in [0.717, 1.165) is 30.4 Å². The summed E-state index contributed by atoms with van der Waals surface area (Å²) in [5.74, 6) is -0.192. The van der Waals surface area contributed by atoms with E-state index in [0.29, 0.717) is 5.92 Å². The zero-order valence-corrected chi connectivity index (χ0v) is 13.4. The Kier molecular flexibility index (Phi) is 4.65. The first-order chi connectivity index (χ1) is 9.71.